The molecule has 1 rings (SSSR count). The molecule has 0 spiro atoms. The number of hydrogen-bond donors (Lipinski definition) is 2. The third kappa shape index (κ3) is 6.80. The summed E-state index contributed by atoms with van der Waals surface area (Å²) in [5.74, 6) is -0.475. The van der Waals surface area contributed by atoms with Gasteiger partial charge in [0.1, 0.15) is 5.75 Å². The summed E-state index contributed by atoms with van der Waals surface area (Å²) in [4.78, 5) is 22.4. The van der Waals surface area contributed by atoms with Gasteiger partial charge in [0.25, 0.3) is 5.91 Å². The average Bonchev–Trinajstić information content (AvgIpc) is 2.49. The van der Waals surface area contributed by atoms with Crippen LogP contribution in [0.1, 0.15) is 39.0 Å². The molecule has 0 fully saturated rings. The summed E-state index contributed by atoms with van der Waals surface area (Å²) < 4.78 is 5.64. The smallest absolute Gasteiger partial charge is 0.303 e. The summed E-state index contributed by atoms with van der Waals surface area (Å²) in [5, 5.41) is 11.8. The molecule has 0 radical (unpaired) electrons. The van der Waals surface area contributed by atoms with Crippen LogP contribution in [-0.4, -0.2) is 29.6 Å². The molecule has 0 bridgehead atoms. The zero-order valence-electron chi connectivity index (χ0n) is 12.7. The van der Waals surface area contributed by atoms with Crippen LogP contribution in [0.15, 0.2) is 24.3 Å². The van der Waals surface area contributed by atoms with Crippen LogP contribution in [0.25, 0.3) is 0 Å². The third-order valence-corrected chi connectivity index (χ3v) is 3.45. The Balaban J connectivity index is 2.32. The van der Waals surface area contributed by atoms with Gasteiger partial charge < -0.3 is 15.2 Å². The van der Waals surface area contributed by atoms with Crippen molar-refractivity contribution in [2.45, 2.75) is 45.1 Å². The summed E-state index contributed by atoms with van der Waals surface area (Å²) in [6.45, 7) is 2.38. The van der Waals surface area contributed by atoms with Crippen LogP contribution in [0.3, 0.4) is 0 Å². The number of rotatable bonds is 10. The van der Waals surface area contributed by atoms with E-state index in [1.54, 1.807) is 24.3 Å². The van der Waals surface area contributed by atoms with E-state index in [0.717, 1.165) is 12.8 Å². The molecule has 2 N–H and O–H groups in total. The second-order valence-electron chi connectivity index (χ2n) is 4.94. The molecule has 1 unspecified atom stereocenters. The van der Waals surface area contributed by atoms with Crippen molar-refractivity contribution in [3.05, 3.63) is 29.3 Å². The maximum atomic E-state index is 12.1. The quantitative estimate of drug-likeness (QED) is 0.647. The Hall–Kier alpha value is -1.75. The van der Waals surface area contributed by atoms with Crippen molar-refractivity contribution in [2.24, 2.45) is 0 Å². The van der Waals surface area contributed by atoms with Gasteiger partial charge in [0.2, 0.25) is 0 Å². The third-order valence-electron chi connectivity index (χ3n) is 3.14. The topological polar surface area (TPSA) is 75.6 Å². The molecule has 0 aliphatic rings. The van der Waals surface area contributed by atoms with Crippen LogP contribution in [0.2, 0.25) is 5.02 Å². The van der Waals surface area contributed by atoms with E-state index < -0.39 is 12.1 Å². The highest BCUT2D eigenvalue weighted by Crippen LogP contribution is 2.24. The summed E-state index contributed by atoms with van der Waals surface area (Å²) in [6.07, 6.45) is 2.27. The molecular weight excluding hydrogens is 306 g/mol. The van der Waals surface area contributed by atoms with Crippen molar-refractivity contribution in [1.82, 2.24) is 5.32 Å². The minimum atomic E-state index is -0.789. The van der Waals surface area contributed by atoms with E-state index in [1.807, 2.05) is 6.92 Å². The fourth-order valence-electron chi connectivity index (χ4n) is 1.92. The van der Waals surface area contributed by atoms with Crippen LogP contribution < -0.4 is 10.1 Å². The number of para-hydroxylation sites is 1. The fraction of sp³-hybridized carbons (Fsp3) is 0.500. The number of carbonyl (C=O) groups excluding carboxylic acids is 1. The summed E-state index contributed by atoms with van der Waals surface area (Å²) in [6, 6.07) is 7.04. The second kappa shape index (κ2) is 10.1. The van der Waals surface area contributed by atoms with Gasteiger partial charge in [0, 0.05) is 13.0 Å². The molecule has 5 nitrogen and oxygen atoms in total. The number of ether oxygens (including phenoxy) is 1. The van der Waals surface area contributed by atoms with Gasteiger partial charge in [0.15, 0.2) is 6.10 Å². The number of unbranched alkanes of at least 4 members (excludes halogenated alkanes) is 2. The number of nitrogens with one attached hydrogen (secondary N) is 1. The van der Waals surface area contributed by atoms with Gasteiger partial charge in [-0.2, -0.15) is 0 Å². The SMILES string of the molecule is CCC(Oc1ccccc1Cl)C(=O)NCCCCCC(=O)O. The molecule has 22 heavy (non-hydrogen) atoms. The Bertz CT molecular complexity index is 493. The standard InChI is InChI=1S/C16H22ClNO4/c1-2-13(22-14-9-6-5-8-12(14)17)16(21)18-11-7-3-4-10-15(19)20/h5-6,8-9,13H,2-4,7,10-11H2,1H3,(H,18,21)(H,19,20). The van der Waals surface area contributed by atoms with E-state index >= 15 is 0 Å². The van der Waals surface area contributed by atoms with Crippen molar-refractivity contribution >= 4 is 23.5 Å². The monoisotopic (exact) mass is 327 g/mol. The first-order valence-corrected chi connectivity index (χ1v) is 7.83. The normalized spacial score (nSPS) is 11.7. The predicted molar refractivity (Wildman–Crippen MR) is 85.3 cm³/mol. The molecule has 0 aliphatic carbocycles. The van der Waals surface area contributed by atoms with Gasteiger partial charge in [0.05, 0.1) is 5.02 Å². The average molecular weight is 328 g/mol. The van der Waals surface area contributed by atoms with E-state index in [0.29, 0.717) is 30.2 Å². The highest BCUT2D eigenvalue weighted by molar-refractivity contribution is 6.32. The first-order chi connectivity index (χ1) is 10.5. The predicted octanol–water partition coefficient (Wildman–Crippen LogP) is 3.26. The van der Waals surface area contributed by atoms with E-state index in [9.17, 15) is 9.59 Å². The van der Waals surface area contributed by atoms with Crippen LogP contribution in [0, 0.1) is 0 Å². The lowest BCUT2D eigenvalue weighted by Gasteiger charge is -2.18. The maximum Gasteiger partial charge on any atom is 0.303 e. The number of carboxylic acid groups (broad SMARTS) is 1. The van der Waals surface area contributed by atoms with Crippen LogP contribution in [0.4, 0.5) is 0 Å². The van der Waals surface area contributed by atoms with Gasteiger partial charge >= 0.3 is 5.97 Å². The van der Waals surface area contributed by atoms with Crippen molar-refractivity contribution in [2.75, 3.05) is 6.54 Å². The zero-order valence-corrected chi connectivity index (χ0v) is 13.4. The van der Waals surface area contributed by atoms with Gasteiger partial charge in [-0.25, -0.2) is 0 Å². The fourth-order valence-corrected chi connectivity index (χ4v) is 2.10. The second-order valence-corrected chi connectivity index (χ2v) is 5.35. The highest BCUT2D eigenvalue weighted by atomic mass is 35.5. The lowest BCUT2D eigenvalue weighted by Crippen LogP contribution is -2.38. The molecule has 6 heteroatoms. The van der Waals surface area contributed by atoms with Crippen molar-refractivity contribution < 1.29 is 19.4 Å². The summed E-state index contributed by atoms with van der Waals surface area (Å²) >= 11 is 6.01. The van der Waals surface area contributed by atoms with Crippen molar-refractivity contribution in [1.29, 1.82) is 0 Å². The Labute approximate surface area is 135 Å². The van der Waals surface area contributed by atoms with Crippen LogP contribution in [0.5, 0.6) is 5.75 Å². The number of halogens is 1. The molecule has 1 atom stereocenters. The first kappa shape index (κ1) is 18.3. The maximum absolute atomic E-state index is 12.1. The van der Waals surface area contributed by atoms with Crippen molar-refractivity contribution in [3.63, 3.8) is 0 Å². The molecule has 0 saturated carbocycles. The molecule has 122 valence electrons. The van der Waals surface area contributed by atoms with Gasteiger partial charge in [-0.1, -0.05) is 37.1 Å². The number of amides is 1. The van der Waals surface area contributed by atoms with E-state index in [2.05, 4.69) is 5.32 Å². The van der Waals surface area contributed by atoms with Gasteiger partial charge in [-0.15, -0.1) is 0 Å². The molecule has 0 saturated heterocycles. The molecule has 0 heterocycles. The molecular formula is C16H22ClNO4. The molecule has 0 aliphatic heterocycles. The molecule has 0 aromatic heterocycles. The molecule has 1 aromatic carbocycles. The lowest BCUT2D eigenvalue weighted by atomic mass is 10.2. The Morgan fingerprint density at radius 2 is 2.00 bits per heavy atom. The van der Waals surface area contributed by atoms with Gasteiger partial charge in [-0.05, 0) is 31.4 Å². The highest BCUT2D eigenvalue weighted by Gasteiger charge is 2.18. The van der Waals surface area contributed by atoms with Crippen molar-refractivity contribution in [3.8, 4) is 5.75 Å². The Morgan fingerprint density at radius 3 is 2.64 bits per heavy atom. The van der Waals surface area contributed by atoms with Gasteiger partial charge in [-0.3, -0.25) is 9.59 Å². The minimum Gasteiger partial charge on any atom is -0.481 e. The summed E-state index contributed by atoms with van der Waals surface area (Å²) in [7, 11) is 0. The largest absolute Gasteiger partial charge is 0.481 e. The zero-order chi connectivity index (χ0) is 16.4. The first-order valence-electron chi connectivity index (χ1n) is 7.45. The molecule has 1 amide bonds. The van der Waals surface area contributed by atoms with E-state index in [1.165, 1.54) is 0 Å². The number of benzene rings is 1. The van der Waals surface area contributed by atoms with E-state index in [4.69, 9.17) is 21.4 Å². The lowest BCUT2D eigenvalue weighted by molar-refractivity contribution is -0.137. The summed E-state index contributed by atoms with van der Waals surface area (Å²) in [5.41, 5.74) is 0. The van der Waals surface area contributed by atoms with Crippen LogP contribution >= 0.6 is 11.6 Å². The molecule has 1 aromatic rings. The van der Waals surface area contributed by atoms with E-state index in [-0.39, 0.29) is 12.3 Å². The Morgan fingerprint density at radius 1 is 1.27 bits per heavy atom. The number of aliphatic carboxylic acids is 1. The number of carbonyl (C=O) groups is 2. The van der Waals surface area contributed by atoms with Crippen LogP contribution in [-0.2, 0) is 9.59 Å². The Kier molecular flexibility index (Phi) is 8.36. The number of hydrogen-bond acceptors (Lipinski definition) is 3. The number of carboxylic acids is 1. The minimum absolute atomic E-state index is 0.168.